The van der Waals surface area contributed by atoms with Crippen molar-refractivity contribution in [3.63, 3.8) is 0 Å². The zero-order valence-electron chi connectivity index (χ0n) is 11.7. The molecule has 0 unspecified atom stereocenters. The van der Waals surface area contributed by atoms with Crippen LogP contribution in [0, 0.1) is 11.8 Å². The highest BCUT2D eigenvalue weighted by Crippen LogP contribution is 2.20. The van der Waals surface area contributed by atoms with Crippen molar-refractivity contribution in [2.45, 2.75) is 12.8 Å². The van der Waals surface area contributed by atoms with Gasteiger partial charge in [0.25, 0.3) is 0 Å². The second-order valence-corrected chi connectivity index (χ2v) is 4.98. The summed E-state index contributed by atoms with van der Waals surface area (Å²) >= 11 is 5.95. The normalized spacial score (nSPS) is 10.0. The van der Waals surface area contributed by atoms with Gasteiger partial charge in [0.2, 0.25) is 11.7 Å². The molecule has 0 N–H and O–H groups in total. The van der Waals surface area contributed by atoms with Crippen molar-refractivity contribution in [3.8, 4) is 23.2 Å². The molecule has 0 atom stereocenters. The molecule has 0 amide bonds. The number of nitrogens with zero attached hydrogens (tertiary/aromatic N) is 3. The number of aryl methyl sites for hydroxylation is 1. The molecule has 1 aromatic carbocycles. The van der Waals surface area contributed by atoms with Gasteiger partial charge in [-0.3, -0.25) is 0 Å². The van der Waals surface area contributed by atoms with Crippen LogP contribution in [0.5, 0.6) is 0 Å². The fourth-order valence-corrected chi connectivity index (χ4v) is 2.05. The lowest BCUT2D eigenvalue weighted by atomic mass is 10.2. The molecule has 0 radical (unpaired) electrons. The summed E-state index contributed by atoms with van der Waals surface area (Å²) in [6, 6.07) is 13.0. The van der Waals surface area contributed by atoms with Crippen molar-refractivity contribution in [2.75, 3.05) is 0 Å². The van der Waals surface area contributed by atoms with E-state index in [1.165, 1.54) is 0 Å². The maximum absolute atomic E-state index is 5.95. The van der Waals surface area contributed by atoms with Crippen LogP contribution in [0.4, 0.5) is 0 Å². The molecule has 2 aromatic heterocycles. The summed E-state index contributed by atoms with van der Waals surface area (Å²) < 4.78 is 5.22. The summed E-state index contributed by atoms with van der Waals surface area (Å²) in [6.45, 7) is 0. The van der Waals surface area contributed by atoms with Gasteiger partial charge in [-0.25, -0.2) is 4.98 Å². The molecular weight excluding hydrogens is 298 g/mol. The number of hydrogen-bond acceptors (Lipinski definition) is 4. The largest absolute Gasteiger partial charge is 0.339 e. The molecule has 0 aliphatic rings. The summed E-state index contributed by atoms with van der Waals surface area (Å²) in [5, 5.41) is 4.60. The predicted molar refractivity (Wildman–Crippen MR) is 84.2 cm³/mol. The maximum atomic E-state index is 5.95. The molecule has 0 saturated heterocycles. The Hall–Kier alpha value is -2.64. The van der Waals surface area contributed by atoms with E-state index >= 15 is 0 Å². The van der Waals surface area contributed by atoms with Crippen LogP contribution in [-0.2, 0) is 6.42 Å². The van der Waals surface area contributed by atoms with Gasteiger partial charge in [-0.2, -0.15) is 4.98 Å². The van der Waals surface area contributed by atoms with Gasteiger partial charge >= 0.3 is 0 Å². The molecule has 0 saturated carbocycles. The highest BCUT2D eigenvalue weighted by molar-refractivity contribution is 6.30. The van der Waals surface area contributed by atoms with E-state index in [4.69, 9.17) is 16.1 Å². The van der Waals surface area contributed by atoms with Gasteiger partial charge in [0.05, 0.1) is 0 Å². The summed E-state index contributed by atoms with van der Waals surface area (Å²) in [6.07, 6.45) is 2.96. The Morgan fingerprint density at radius 3 is 2.91 bits per heavy atom. The molecule has 0 aliphatic heterocycles. The zero-order chi connectivity index (χ0) is 15.2. The lowest BCUT2D eigenvalue weighted by Crippen LogP contribution is -1.85. The first-order chi connectivity index (χ1) is 10.8. The Bertz CT molecular complexity index is 818. The van der Waals surface area contributed by atoms with Gasteiger partial charge < -0.3 is 4.52 Å². The molecule has 5 heteroatoms. The van der Waals surface area contributed by atoms with Crippen molar-refractivity contribution in [1.82, 2.24) is 15.1 Å². The fraction of sp³-hybridized carbons (Fsp3) is 0.118. The first-order valence-electron chi connectivity index (χ1n) is 6.80. The lowest BCUT2D eigenvalue weighted by Gasteiger charge is -1.93. The number of pyridine rings is 1. The van der Waals surface area contributed by atoms with E-state index in [-0.39, 0.29) is 0 Å². The van der Waals surface area contributed by atoms with Crippen molar-refractivity contribution >= 4 is 11.6 Å². The van der Waals surface area contributed by atoms with E-state index in [1.54, 1.807) is 18.3 Å². The first kappa shape index (κ1) is 14.3. The van der Waals surface area contributed by atoms with Gasteiger partial charge in [-0.15, -0.1) is 0 Å². The summed E-state index contributed by atoms with van der Waals surface area (Å²) in [4.78, 5) is 8.48. The molecule has 4 nitrogen and oxygen atoms in total. The van der Waals surface area contributed by atoms with Crippen LogP contribution < -0.4 is 0 Å². The SMILES string of the molecule is Clc1cccc(-c2noc(CCC#Cc3ccccn3)n2)c1. The topological polar surface area (TPSA) is 51.8 Å². The van der Waals surface area contributed by atoms with Gasteiger partial charge in [0.1, 0.15) is 5.69 Å². The Morgan fingerprint density at radius 2 is 2.09 bits per heavy atom. The quantitative estimate of drug-likeness (QED) is 0.691. The van der Waals surface area contributed by atoms with Gasteiger partial charge in [0, 0.05) is 29.6 Å². The third-order valence-corrected chi connectivity index (χ3v) is 3.13. The summed E-state index contributed by atoms with van der Waals surface area (Å²) in [7, 11) is 0. The van der Waals surface area contributed by atoms with Crippen molar-refractivity contribution in [2.24, 2.45) is 0 Å². The van der Waals surface area contributed by atoms with Crippen LogP contribution in [0.3, 0.4) is 0 Å². The van der Waals surface area contributed by atoms with E-state index in [9.17, 15) is 0 Å². The van der Waals surface area contributed by atoms with Crippen LogP contribution >= 0.6 is 11.6 Å². The van der Waals surface area contributed by atoms with E-state index in [0.717, 1.165) is 11.3 Å². The Labute approximate surface area is 133 Å². The molecular formula is C17H12ClN3O. The minimum absolute atomic E-state index is 0.537. The minimum Gasteiger partial charge on any atom is -0.339 e. The highest BCUT2D eigenvalue weighted by Gasteiger charge is 2.08. The second kappa shape index (κ2) is 6.88. The average molecular weight is 310 g/mol. The van der Waals surface area contributed by atoms with Crippen LogP contribution in [0.25, 0.3) is 11.4 Å². The third-order valence-electron chi connectivity index (χ3n) is 2.90. The number of halogens is 1. The smallest absolute Gasteiger partial charge is 0.227 e. The predicted octanol–water partition coefficient (Wildman–Crippen LogP) is 3.77. The van der Waals surface area contributed by atoms with Gasteiger partial charge in [-0.1, -0.05) is 40.9 Å². The average Bonchev–Trinajstić information content (AvgIpc) is 3.02. The van der Waals surface area contributed by atoms with E-state index < -0.39 is 0 Å². The van der Waals surface area contributed by atoms with Gasteiger partial charge in [-0.05, 0) is 30.2 Å². The Kier molecular flexibility index (Phi) is 4.47. The molecule has 0 bridgehead atoms. The number of hydrogen-bond donors (Lipinski definition) is 0. The molecule has 0 spiro atoms. The number of benzene rings is 1. The number of aromatic nitrogens is 3. The molecule has 0 aliphatic carbocycles. The van der Waals surface area contributed by atoms with E-state index in [1.807, 2.05) is 30.3 Å². The van der Waals surface area contributed by atoms with Crippen LogP contribution in [0.2, 0.25) is 5.02 Å². The Morgan fingerprint density at radius 1 is 1.14 bits per heavy atom. The van der Waals surface area contributed by atoms with Crippen LogP contribution in [0.15, 0.2) is 53.2 Å². The molecule has 3 aromatic rings. The first-order valence-corrected chi connectivity index (χ1v) is 7.17. The standard InChI is InChI=1S/C17H12ClN3O/c18-14-7-5-6-13(12-14)17-20-16(22-21-17)10-2-1-8-15-9-3-4-11-19-15/h3-7,9,11-12H,2,10H2. The monoisotopic (exact) mass is 309 g/mol. The maximum Gasteiger partial charge on any atom is 0.227 e. The van der Waals surface area contributed by atoms with Crippen molar-refractivity contribution in [3.05, 3.63) is 65.3 Å². The Balaban J connectivity index is 1.62. The minimum atomic E-state index is 0.537. The second-order valence-electron chi connectivity index (χ2n) is 4.54. The van der Waals surface area contributed by atoms with Crippen LogP contribution in [0.1, 0.15) is 18.0 Å². The van der Waals surface area contributed by atoms with Crippen molar-refractivity contribution < 1.29 is 4.52 Å². The fourth-order valence-electron chi connectivity index (χ4n) is 1.86. The highest BCUT2D eigenvalue weighted by atomic mass is 35.5. The van der Waals surface area contributed by atoms with E-state index in [2.05, 4.69) is 27.0 Å². The lowest BCUT2D eigenvalue weighted by molar-refractivity contribution is 0.380. The molecule has 22 heavy (non-hydrogen) atoms. The third kappa shape index (κ3) is 3.72. The number of rotatable bonds is 3. The zero-order valence-corrected chi connectivity index (χ0v) is 12.4. The molecule has 2 heterocycles. The molecule has 108 valence electrons. The summed E-state index contributed by atoms with van der Waals surface area (Å²) in [5.41, 5.74) is 1.59. The van der Waals surface area contributed by atoms with Crippen LogP contribution in [-0.4, -0.2) is 15.1 Å². The molecule has 3 rings (SSSR count). The summed E-state index contributed by atoms with van der Waals surface area (Å²) in [5.74, 6) is 7.14. The molecule has 0 fully saturated rings. The van der Waals surface area contributed by atoms with Crippen molar-refractivity contribution in [1.29, 1.82) is 0 Å². The van der Waals surface area contributed by atoms with Gasteiger partial charge in [0.15, 0.2) is 0 Å². The van der Waals surface area contributed by atoms with E-state index in [0.29, 0.717) is 29.6 Å².